The molecule has 0 saturated carbocycles. The fourth-order valence-electron chi connectivity index (χ4n) is 1.86. The number of carbonyl (C=O) groups excluding carboxylic acids is 3. The summed E-state index contributed by atoms with van der Waals surface area (Å²) >= 11 is 0. The molecule has 0 aromatic carbocycles. The van der Waals surface area contributed by atoms with E-state index in [1.165, 1.54) is 11.1 Å². The number of hydrogen-bond acceptors (Lipinski definition) is 4. The highest BCUT2D eigenvalue weighted by atomic mass is 16.2. The Kier molecular flexibility index (Phi) is 3.09. The van der Waals surface area contributed by atoms with Crippen molar-refractivity contribution in [3.63, 3.8) is 0 Å². The van der Waals surface area contributed by atoms with E-state index in [0.717, 1.165) is 5.69 Å². The molecule has 0 unspecified atom stereocenters. The number of nitrogens with zero attached hydrogens (tertiary/aromatic N) is 2. The molecular formula is C13H15N3O3. The lowest BCUT2D eigenvalue weighted by molar-refractivity contribution is -0.143. The van der Waals surface area contributed by atoms with Gasteiger partial charge in [-0.3, -0.25) is 24.7 Å². The third-order valence-electron chi connectivity index (χ3n) is 3.19. The first-order valence-corrected chi connectivity index (χ1v) is 5.91. The van der Waals surface area contributed by atoms with Crippen molar-refractivity contribution in [2.45, 2.75) is 26.3 Å². The highest BCUT2D eigenvalue weighted by molar-refractivity contribution is 6.08. The van der Waals surface area contributed by atoms with Crippen LogP contribution < -0.4 is 5.32 Å². The highest BCUT2D eigenvalue weighted by Gasteiger charge is 2.43. The molecule has 6 heteroatoms. The van der Waals surface area contributed by atoms with Crippen LogP contribution in [0.15, 0.2) is 18.3 Å². The molecule has 0 atom stereocenters. The summed E-state index contributed by atoms with van der Waals surface area (Å²) in [4.78, 5) is 40.9. The second-order valence-corrected chi connectivity index (χ2v) is 5.02. The van der Waals surface area contributed by atoms with Crippen molar-refractivity contribution in [2.24, 2.45) is 0 Å². The molecule has 6 nitrogen and oxygen atoms in total. The molecule has 1 fully saturated rings. The monoisotopic (exact) mass is 261 g/mol. The van der Waals surface area contributed by atoms with Gasteiger partial charge in [0.25, 0.3) is 11.8 Å². The normalized spacial score (nSPS) is 18.2. The van der Waals surface area contributed by atoms with Gasteiger partial charge in [-0.05, 0) is 32.9 Å². The maximum atomic E-state index is 12.4. The first-order valence-electron chi connectivity index (χ1n) is 5.91. The molecule has 2 rings (SSSR count). The summed E-state index contributed by atoms with van der Waals surface area (Å²) < 4.78 is 0. The second-order valence-electron chi connectivity index (χ2n) is 5.02. The molecular weight excluding hydrogens is 246 g/mol. The van der Waals surface area contributed by atoms with E-state index >= 15 is 0 Å². The van der Waals surface area contributed by atoms with Crippen molar-refractivity contribution in [1.29, 1.82) is 0 Å². The number of carbonyl (C=O) groups is 3. The minimum Gasteiger partial charge on any atom is -0.315 e. The van der Waals surface area contributed by atoms with Crippen molar-refractivity contribution in [3.05, 3.63) is 29.6 Å². The summed E-state index contributed by atoms with van der Waals surface area (Å²) in [6, 6.07) is 3.35. The zero-order valence-electron chi connectivity index (χ0n) is 11.1. The van der Waals surface area contributed by atoms with Crippen LogP contribution in [0.2, 0.25) is 0 Å². The van der Waals surface area contributed by atoms with E-state index in [-0.39, 0.29) is 12.5 Å². The van der Waals surface area contributed by atoms with E-state index in [4.69, 9.17) is 0 Å². The van der Waals surface area contributed by atoms with E-state index in [2.05, 4.69) is 10.3 Å². The number of piperazine rings is 1. The maximum Gasteiger partial charge on any atom is 0.256 e. The standard InChI is InChI=1S/C13H15N3O3/c1-8-4-5-9(6-14-8)11(18)16-7-10(17)15-12(19)13(16,2)3/h4-6H,7H2,1-3H3,(H,15,17,19). The average Bonchev–Trinajstić information content (AvgIpc) is 2.34. The summed E-state index contributed by atoms with van der Waals surface area (Å²) in [6.07, 6.45) is 1.45. The molecule has 100 valence electrons. The maximum absolute atomic E-state index is 12.4. The number of pyridine rings is 1. The number of aryl methyl sites for hydroxylation is 1. The summed E-state index contributed by atoms with van der Waals surface area (Å²) in [5.41, 5.74) is 0.0973. The molecule has 1 aliphatic rings. The Bertz CT molecular complexity index is 549. The van der Waals surface area contributed by atoms with Crippen molar-refractivity contribution in [2.75, 3.05) is 6.54 Å². The van der Waals surface area contributed by atoms with E-state index in [9.17, 15) is 14.4 Å². The molecule has 19 heavy (non-hydrogen) atoms. The van der Waals surface area contributed by atoms with Gasteiger partial charge in [-0.1, -0.05) is 0 Å². The van der Waals surface area contributed by atoms with E-state index in [1.807, 2.05) is 6.92 Å². The van der Waals surface area contributed by atoms with Crippen molar-refractivity contribution in [3.8, 4) is 0 Å². The number of rotatable bonds is 1. The van der Waals surface area contributed by atoms with Crippen LogP contribution in [0.4, 0.5) is 0 Å². The van der Waals surface area contributed by atoms with Gasteiger partial charge in [0.05, 0.1) is 5.56 Å². The minimum atomic E-state index is -1.06. The van der Waals surface area contributed by atoms with Gasteiger partial charge in [-0.25, -0.2) is 0 Å². The molecule has 0 aliphatic carbocycles. The number of hydrogen-bond donors (Lipinski definition) is 1. The number of aromatic nitrogens is 1. The molecule has 1 N–H and O–H groups in total. The molecule has 1 aromatic rings. The van der Waals surface area contributed by atoms with Gasteiger partial charge in [-0.2, -0.15) is 0 Å². The molecule has 2 heterocycles. The molecule has 1 aliphatic heterocycles. The van der Waals surface area contributed by atoms with Gasteiger partial charge < -0.3 is 4.90 Å². The average molecular weight is 261 g/mol. The zero-order valence-corrected chi connectivity index (χ0v) is 11.1. The van der Waals surface area contributed by atoms with E-state index in [0.29, 0.717) is 5.56 Å². The summed E-state index contributed by atoms with van der Waals surface area (Å²) in [5, 5.41) is 2.23. The van der Waals surface area contributed by atoms with Gasteiger partial charge in [0.1, 0.15) is 12.1 Å². The van der Waals surface area contributed by atoms with Gasteiger partial charge in [0.2, 0.25) is 5.91 Å². The number of nitrogens with one attached hydrogen (secondary N) is 1. The Morgan fingerprint density at radius 1 is 1.37 bits per heavy atom. The largest absolute Gasteiger partial charge is 0.315 e. The van der Waals surface area contributed by atoms with Gasteiger partial charge in [-0.15, -0.1) is 0 Å². The SMILES string of the molecule is Cc1ccc(C(=O)N2CC(=O)NC(=O)C2(C)C)cn1. The van der Waals surface area contributed by atoms with Crippen LogP contribution >= 0.6 is 0 Å². The Morgan fingerprint density at radius 2 is 2.05 bits per heavy atom. The summed E-state index contributed by atoms with van der Waals surface area (Å²) in [7, 11) is 0. The number of imide groups is 1. The summed E-state index contributed by atoms with van der Waals surface area (Å²) in [5.74, 6) is -1.32. The van der Waals surface area contributed by atoms with Crippen LogP contribution in [-0.4, -0.2) is 39.7 Å². The molecule has 0 bridgehead atoms. The minimum absolute atomic E-state index is 0.133. The van der Waals surface area contributed by atoms with Crippen molar-refractivity contribution >= 4 is 17.7 Å². The van der Waals surface area contributed by atoms with E-state index in [1.54, 1.807) is 26.0 Å². The van der Waals surface area contributed by atoms with Gasteiger partial charge >= 0.3 is 0 Å². The topological polar surface area (TPSA) is 79.4 Å². The molecule has 1 saturated heterocycles. The van der Waals surface area contributed by atoms with Crippen molar-refractivity contribution in [1.82, 2.24) is 15.2 Å². The first-order chi connectivity index (χ1) is 8.82. The van der Waals surface area contributed by atoms with Crippen molar-refractivity contribution < 1.29 is 14.4 Å². The van der Waals surface area contributed by atoms with Crippen LogP contribution in [0.3, 0.4) is 0 Å². The first kappa shape index (κ1) is 13.2. The van der Waals surface area contributed by atoms with Crippen LogP contribution in [0.25, 0.3) is 0 Å². The van der Waals surface area contributed by atoms with Crippen LogP contribution in [0.5, 0.6) is 0 Å². The number of amides is 3. The highest BCUT2D eigenvalue weighted by Crippen LogP contribution is 2.20. The zero-order chi connectivity index (χ0) is 14.2. The molecule has 0 radical (unpaired) electrons. The predicted octanol–water partition coefficient (Wildman–Crippen LogP) is 0.267. The third kappa shape index (κ3) is 2.33. The lowest BCUT2D eigenvalue weighted by Gasteiger charge is -2.40. The predicted molar refractivity (Wildman–Crippen MR) is 67.2 cm³/mol. The van der Waals surface area contributed by atoms with Gasteiger partial charge in [0.15, 0.2) is 0 Å². The van der Waals surface area contributed by atoms with Gasteiger partial charge in [0, 0.05) is 11.9 Å². The van der Waals surface area contributed by atoms with Crippen LogP contribution in [0, 0.1) is 6.92 Å². The van der Waals surface area contributed by atoms with Crippen LogP contribution in [0.1, 0.15) is 29.9 Å². The molecule has 3 amide bonds. The fourth-order valence-corrected chi connectivity index (χ4v) is 1.86. The Morgan fingerprint density at radius 3 is 2.63 bits per heavy atom. The van der Waals surface area contributed by atoms with E-state index < -0.39 is 17.4 Å². The Hall–Kier alpha value is -2.24. The lowest BCUT2D eigenvalue weighted by atomic mass is 9.97. The fraction of sp³-hybridized carbons (Fsp3) is 0.385. The lowest BCUT2D eigenvalue weighted by Crippen LogP contribution is -2.65. The van der Waals surface area contributed by atoms with Crippen LogP contribution in [-0.2, 0) is 9.59 Å². The second kappa shape index (κ2) is 4.46. The third-order valence-corrected chi connectivity index (χ3v) is 3.19. The summed E-state index contributed by atoms with van der Waals surface area (Å²) in [6.45, 7) is 4.89. The molecule has 0 spiro atoms. The smallest absolute Gasteiger partial charge is 0.256 e. The molecule has 1 aromatic heterocycles. The Balaban J connectivity index is 2.33. The quantitative estimate of drug-likeness (QED) is 0.736. The Labute approximate surface area is 110 Å².